The smallest absolute Gasteiger partial charge is 0.141 e. The largest absolute Gasteiger partial charge is 0.492 e. The Morgan fingerprint density at radius 1 is 1.38 bits per heavy atom. The van der Waals surface area contributed by atoms with Gasteiger partial charge in [-0.2, -0.15) is 5.26 Å². The average molecular weight is 393 g/mol. The van der Waals surface area contributed by atoms with Gasteiger partial charge in [-0.15, -0.1) is 0 Å². The number of aliphatic hydroxyl groups is 1. The molecule has 1 aliphatic heterocycles. The summed E-state index contributed by atoms with van der Waals surface area (Å²) in [6.07, 6.45) is 6.60. The lowest BCUT2D eigenvalue weighted by Gasteiger charge is -2.22. The maximum absolute atomic E-state index is 10.6. The fraction of sp³-hybridized carbons (Fsp3) is 0.364. The van der Waals surface area contributed by atoms with Gasteiger partial charge < -0.3 is 15.2 Å². The predicted molar refractivity (Wildman–Crippen MR) is 115 cm³/mol. The van der Waals surface area contributed by atoms with Gasteiger partial charge in [0.05, 0.1) is 23.6 Å². The highest BCUT2D eigenvalue weighted by atomic mass is 16.5. The fourth-order valence-corrected chi connectivity index (χ4v) is 2.73. The number of nitrogens with one attached hydrogen (secondary N) is 2. The van der Waals surface area contributed by atoms with E-state index in [0.29, 0.717) is 12.3 Å². The third-order valence-electron chi connectivity index (χ3n) is 4.22. The van der Waals surface area contributed by atoms with Gasteiger partial charge in [0.1, 0.15) is 24.9 Å². The normalized spacial score (nSPS) is 15.4. The highest BCUT2D eigenvalue weighted by molar-refractivity contribution is 6.08. The van der Waals surface area contributed by atoms with E-state index in [1.807, 2.05) is 37.4 Å². The zero-order valence-corrected chi connectivity index (χ0v) is 16.8. The van der Waals surface area contributed by atoms with E-state index in [1.54, 1.807) is 6.08 Å². The van der Waals surface area contributed by atoms with Crippen molar-refractivity contribution in [1.82, 2.24) is 10.6 Å². The number of benzene rings is 1. The van der Waals surface area contributed by atoms with Gasteiger partial charge in [0.2, 0.25) is 0 Å². The van der Waals surface area contributed by atoms with Crippen LogP contribution in [0, 0.1) is 11.3 Å². The molecule has 0 saturated carbocycles. The maximum Gasteiger partial charge on any atom is 0.141 e. The highest BCUT2D eigenvalue weighted by Gasteiger charge is 2.18. The van der Waals surface area contributed by atoms with Crippen LogP contribution in [-0.4, -0.2) is 43.6 Å². The van der Waals surface area contributed by atoms with Gasteiger partial charge in [-0.3, -0.25) is 5.32 Å². The molecule has 0 aliphatic carbocycles. The quantitative estimate of drug-likeness (QED) is 0.232. The number of hydrogen-bond donors (Lipinski definition) is 3. The molecule has 0 saturated heterocycles. The van der Waals surface area contributed by atoms with Crippen LogP contribution in [-0.2, 0) is 0 Å². The standard InChI is InChI=1S/C22H27N5O2/c1-3-5-21(17-7-9-20(10-8-17)29-13-12-24-2)27-22(28)18(15-23)14-19-6-4-11-25-16-26-19/h6-11,14,16,21-22,24,27-28H,3,5,12-13H2,1-2H3/b18-14+. The van der Waals surface area contributed by atoms with Gasteiger partial charge >= 0.3 is 0 Å². The lowest BCUT2D eigenvalue weighted by molar-refractivity contribution is 0.157. The number of likely N-dealkylation sites (N-methyl/N-ethyl adjacent to an activating group) is 1. The van der Waals surface area contributed by atoms with Crippen LogP contribution in [0.2, 0.25) is 0 Å². The minimum Gasteiger partial charge on any atom is -0.492 e. The van der Waals surface area contributed by atoms with Crippen LogP contribution >= 0.6 is 0 Å². The first-order valence-electron chi connectivity index (χ1n) is 9.61. The molecule has 0 radical (unpaired) electrons. The lowest BCUT2D eigenvalue weighted by Crippen LogP contribution is -2.34. The van der Waals surface area contributed by atoms with Crippen LogP contribution in [0.5, 0.6) is 5.75 Å². The van der Waals surface area contributed by atoms with Crippen LogP contribution in [0.1, 0.15) is 31.4 Å². The molecule has 0 amide bonds. The van der Waals surface area contributed by atoms with Crippen molar-refractivity contribution in [2.45, 2.75) is 32.0 Å². The molecule has 7 nitrogen and oxygen atoms in total. The molecule has 0 fully saturated rings. The van der Waals surface area contributed by atoms with Crippen molar-refractivity contribution in [3.8, 4) is 11.8 Å². The molecule has 2 unspecified atom stereocenters. The number of ether oxygens (including phenoxy) is 1. The molecule has 0 aromatic heterocycles. The summed E-state index contributed by atoms with van der Waals surface area (Å²) >= 11 is 0. The monoisotopic (exact) mass is 393 g/mol. The molecule has 29 heavy (non-hydrogen) atoms. The van der Waals surface area contributed by atoms with Crippen molar-refractivity contribution in [3.05, 3.63) is 59.5 Å². The van der Waals surface area contributed by atoms with E-state index in [-0.39, 0.29) is 11.6 Å². The van der Waals surface area contributed by atoms with E-state index in [4.69, 9.17) is 4.74 Å². The molecule has 0 spiro atoms. The molecule has 1 heterocycles. The number of aliphatic imine (C=N–C) groups is 2. The first-order chi connectivity index (χ1) is 14.2. The van der Waals surface area contributed by atoms with Crippen molar-refractivity contribution in [3.63, 3.8) is 0 Å². The van der Waals surface area contributed by atoms with Crippen LogP contribution in [0.4, 0.5) is 0 Å². The summed E-state index contributed by atoms with van der Waals surface area (Å²) in [5, 5.41) is 26.3. The minimum absolute atomic E-state index is 0.105. The lowest BCUT2D eigenvalue weighted by atomic mass is 10.0. The Bertz CT molecular complexity index is 843. The fourth-order valence-electron chi connectivity index (χ4n) is 2.73. The number of nitrogens with zero attached hydrogens (tertiary/aromatic N) is 3. The second-order valence-electron chi connectivity index (χ2n) is 6.40. The van der Waals surface area contributed by atoms with Crippen LogP contribution in [0.25, 0.3) is 0 Å². The molecule has 0 bridgehead atoms. The Balaban J connectivity index is 2.10. The minimum atomic E-state index is -1.12. The predicted octanol–water partition coefficient (Wildman–Crippen LogP) is 2.64. The van der Waals surface area contributed by atoms with E-state index in [0.717, 1.165) is 30.7 Å². The second kappa shape index (κ2) is 12.4. The van der Waals surface area contributed by atoms with Crippen LogP contribution in [0.15, 0.2) is 63.9 Å². The second-order valence-corrected chi connectivity index (χ2v) is 6.40. The molecule has 2 rings (SSSR count). The van der Waals surface area contributed by atoms with Gasteiger partial charge in [-0.1, -0.05) is 31.2 Å². The van der Waals surface area contributed by atoms with Crippen LogP contribution < -0.4 is 15.4 Å². The average Bonchev–Trinajstić information content (AvgIpc) is 3.01. The summed E-state index contributed by atoms with van der Waals surface area (Å²) in [4.78, 5) is 7.96. The van der Waals surface area contributed by atoms with E-state index in [2.05, 4.69) is 33.3 Å². The molecular formula is C22H27N5O2. The van der Waals surface area contributed by atoms with E-state index in [9.17, 15) is 10.4 Å². The molecule has 7 heteroatoms. The number of rotatable bonds is 11. The molecule has 2 atom stereocenters. The van der Waals surface area contributed by atoms with Crippen LogP contribution in [0.3, 0.4) is 0 Å². The Morgan fingerprint density at radius 3 is 2.86 bits per heavy atom. The first-order valence-corrected chi connectivity index (χ1v) is 9.61. The van der Waals surface area contributed by atoms with Crippen molar-refractivity contribution >= 4 is 12.1 Å². The summed E-state index contributed by atoms with van der Waals surface area (Å²) in [6, 6.07) is 9.72. The maximum atomic E-state index is 10.6. The highest BCUT2D eigenvalue weighted by Crippen LogP contribution is 2.23. The Morgan fingerprint density at radius 2 is 2.17 bits per heavy atom. The van der Waals surface area contributed by atoms with Crippen molar-refractivity contribution in [1.29, 1.82) is 5.26 Å². The van der Waals surface area contributed by atoms with Gasteiger partial charge in [0, 0.05) is 18.7 Å². The summed E-state index contributed by atoms with van der Waals surface area (Å²) in [5.41, 5.74) is 4.51. The molecule has 1 aromatic carbocycles. The molecule has 3 N–H and O–H groups in total. The van der Waals surface area contributed by atoms with Gasteiger partial charge in [-0.05, 0) is 37.2 Å². The van der Waals surface area contributed by atoms with Crippen molar-refractivity contribution in [2.24, 2.45) is 9.98 Å². The number of allylic oxidation sites excluding steroid dienone is 2. The Hall–Kier alpha value is -3.01. The summed E-state index contributed by atoms with van der Waals surface area (Å²) < 4.78 is 5.65. The van der Waals surface area contributed by atoms with E-state index in [1.165, 1.54) is 18.6 Å². The van der Waals surface area contributed by atoms with Gasteiger partial charge in [0.15, 0.2) is 0 Å². The Kier molecular flexibility index (Phi) is 9.56. The summed E-state index contributed by atoms with van der Waals surface area (Å²) in [7, 11) is 1.88. The molecular weight excluding hydrogens is 366 g/mol. The molecule has 1 aromatic rings. The van der Waals surface area contributed by atoms with E-state index >= 15 is 0 Å². The molecule has 1 aliphatic rings. The third kappa shape index (κ3) is 7.49. The summed E-state index contributed by atoms with van der Waals surface area (Å²) in [5.74, 6) is 0.797. The van der Waals surface area contributed by atoms with E-state index < -0.39 is 6.23 Å². The number of nitriles is 1. The molecule has 152 valence electrons. The van der Waals surface area contributed by atoms with Gasteiger partial charge in [0.25, 0.3) is 0 Å². The first kappa shape index (κ1) is 22.3. The topological polar surface area (TPSA) is 102 Å². The van der Waals surface area contributed by atoms with Crippen molar-refractivity contribution in [2.75, 3.05) is 20.2 Å². The van der Waals surface area contributed by atoms with Crippen molar-refractivity contribution < 1.29 is 9.84 Å². The third-order valence-corrected chi connectivity index (χ3v) is 4.22. The summed E-state index contributed by atoms with van der Waals surface area (Å²) in [6.45, 7) is 3.45. The SMILES string of the molecule is CCCC(NC(O)/C(C#N)=C/C1=NC=NC=C=C1)c1ccc(OCCNC)cc1. The Labute approximate surface area is 171 Å². The number of aliphatic hydroxyl groups excluding tert-OH is 1. The zero-order valence-electron chi connectivity index (χ0n) is 16.8. The zero-order chi connectivity index (χ0) is 20.9. The number of hydrogen-bond acceptors (Lipinski definition) is 7. The van der Waals surface area contributed by atoms with Gasteiger partial charge in [-0.25, -0.2) is 9.98 Å².